The molecule has 0 spiro atoms. The molecule has 0 bridgehead atoms. The van der Waals surface area contributed by atoms with Crippen molar-refractivity contribution >= 4 is 0 Å². The number of rotatable bonds is 13. The predicted molar refractivity (Wildman–Crippen MR) is 96.6 cm³/mol. The van der Waals surface area contributed by atoms with Gasteiger partial charge in [-0.25, -0.2) is 17.6 Å². The minimum absolute atomic E-state index is 0.285. The summed E-state index contributed by atoms with van der Waals surface area (Å²) >= 11 is 0. The first-order chi connectivity index (χ1) is 13.6. The number of hydrogen-bond donors (Lipinski definition) is 0. The molecule has 0 saturated heterocycles. The van der Waals surface area contributed by atoms with Crippen LogP contribution in [0.3, 0.4) is 0 Å². The third kappa shape index (κ3) is 7.94. The van der Waals surface area contributed by atoms with Gasteiger partial charge in [-0.15, -0.1) is 0 Å². The number of alkyl halides is 4. The fraction of sp³-hybridized carbons (Fsp3) is 0.400. The van der Waals surface area contributed by atoms with Crippen molar-refractivity contribution in [1.29, 1.82) is 0 Å². The molecule has 2 aromatic rings. The molecule has 0 radical (unpaired) electrons. The summed E-state index contributed by atoms with van der Waals surface area (Å²) in [6.45, 7) is -2.25. The summed E-state index contributed by atoms with van der Waals surface area (Å²) in [5.41, 5.74) is 0. The Balaban J connectivity index is 1.65. The molecule has 2 atom stereocenters. The Hall–Kier alpha value is -2.64. The molecule has 0 amide bonds. The molecule has 28 heavy (non-hydrogen) atoms. The molecule has 2 unspecified atom stereocenters. The quantitative estimate of drug-likeness (QED) is 0.365. The summed E-state index contributed by atoms with van der Waals surface area (Å²) in [5.74, 6) is 2.01. The van der Waals surface area contributed by atoms with Crippen LogP contribution in [0.4, 0.5) is 17.6 Å². The van der Waals surface area contributed by atoms with Crippen LogP contribution in [0.1, 0.15) is 0 Å². The van der Waals surface area contributed by atoms with E-state index in [1.807, 2.05) is 0 Å². The van der Waals surface area contributed by atoms with Crippen LogP contribution in [-0.4, -0.2) is 52.1 Å². The number of benzene rings is 2. The van der Waals surface area contributed by atoms with Crippen LogP contribution in [0.5, 0.6) is 23.0 Å². The van der Waals surface area contributed by atoms with Crippen molar-refractivity contribution in [2.75, 3.05) is 39.8 Å². The molecular weight excluding hydrogens is 380 g/mol. The van der Waals surface area contributed by atoms with E-state index in [4.69, 9.17) is 18.9 Å². The Bertz CT molecular complexity index is 607. The highest BCUT2D eigenvalue weighted by Crippen LogP contribution is 2.19. The third-order valence-electron chi connectivity index (χ3n) is 3.46. The fourth-order valence-electron chi connectivity index (χ4n) is 2.05. The zero-order valence-corrected chi connectivity index (χ0v) is 15.2. The smallest absolute Gasteiger partial charge is 0.162 e. The first-order valence-electron chi connectivity index (χ1n) is 8.72. The molecular formula is C20H22F4O4. The molecule has 0 aliphatic carbocycles. The van der Waals surface area contributed by atoms with Gasteiger partial charge in [0.1, 0.15) is 62.8 Å². The molecule has 0 aliphatic heterocycles. The van der Waals surface area contributed by atoms with Gasteiger partial charge in [-0.3, -0.25) is 0 Å². The van der Waals surface area contributed by atoms with Gasteiger partial charge in [0.2, 0.25) is 0 Å². The second-order valence-electron chi connectivity index (χ2n) is 5.76. The minimum Gasteiger partial charge on any atom is -0.490 e. The van der Waals surface area contributed by atoms with Crippen molar-refractivity contribution in [3.63, 3.8) is 0 Å². The number of ether oxygens (including phenoxy) is 4. The van der Waals surface area contributed by atoms with E-state index in [1.54, 1.807) is 48.5 Å². The molecule has 0 N–H and O–H groups in total. The summed E-state index contributed by atoms with van der Waals surface area (Å²) in [7, 11) is 0. The maximum Gasteiger partial charge on any atom is 0.162 e. The standard InChI is InChI=1S/C20H22F4O4/c21-11-15(23)13-27-19-5-1-17(2-6-19)25-9-10-26-18-3-7-20(8-4-18)28-14-16(24)12-22/h1-8,15-16H,9-14H2. The van der Waals surface area contributed by atoms with Crippen LogP contribution in [0.2, 0.25) is 0 Å². The summed E-state index contributed by atoms with van der Waals surface area (Å²) in [5, 5.41) is 0. The van der Waals surface area contributed by atoms with E-state index in [2.05, 4.69) is 0 Å². The largest absolute Gasteiger partial charge is 0.490 e. The Morgan fingerprint density at radius 2 is 0.821 bits per heavy atom. The Kier molecular flexibility index (Phi) is 9.24. The maximum atomic E-state index is 12.8. The first kappa shape index (κ1) is 21.7. The summed E-state index contributed by atoms with van der Waals surface area (Å²) in [6.07, 6.45) is -3.27. The average molecular weight is 402 g/mol. The van der Waals surface area contributed by atoms with Crippen LogP contribution < -0.4 is 18.9 Å². The molecule has 0 saturated carbocycles. The normalized spacial score (nSPS) is 12.9. The predicted octanol–water partition coefficient (Wildman–Crippen LogP) is 4.52. The third-order valence-corrected chi connectivity index (χ3v) is 3.46. The van der Waals surface area contributed by atoms with Gasteiger partial charge in [-0.05, 0) is 48.5 Å². The van der Waals surface area contributed by atoms with Crippen LogP contribution in [-0.2, 0) is 0 Å². The van der Waals surface area contributed by atoms with Gasteiger partial charge in [0.15, 0.2) is 12.3 Å². The lowest BCUT2D eigenvalue weighted by atomic mass is 10.3. The molecule has 0 aromatic heterocycles. The SMILES string of the molecule is FCC(F)COc1ccc(OCCOc2ccc(OCC(F)CF)cc2)cc1. The Morgan fingerprint density at radius 1 is 0.536 bits per heavy atom. The second-order valence-corrected chi connectivity index (χ2v) is 5.76. The molecule has 0 heterocycles. The first-order valence-corrected chi connectivity index (χ1v) is 8.72. The lowest BCUT2D eigenvalue weighted by Gasteiger charge is -2.11. The van der Waals surface area contributed by atoms with Crippen molar-refractivity contribution in [2.45, 2.75) is 12.3 Å². The number of halogens is 4. The average Bonchev–Trinajstić information content (AvgIpc) is 2.74. The van der Waals surface area contributed by atoms with Gasteiger partial charge in [0, 0.05) is 0 Å². The van der Waals surface area contributed by atoms with Crippen LogP contribution >= 0.6 is 0 Å². The van der Waals surface area contributed by atoms with Gasteiger partial charge >= 0.3 is 0 Å². The summed E-state index contributed by atoms with van der Waals surface area (Å²) in [6, 6.07) is 13.0. The zero-order valence-electron chi connectivity index (χ0n) is 15.2. The highest BCUT2D eigenvalue weighted by Gasteiger charge is 2.07. The summed E-state index contributed by atoms with van der Waals surface area (Å²) < 4.78 is 70.8. The lowest BCUT2D eigenvalue weighted by molar-refractivity contribution is 0.165. The van der Waals surface area contributed by atoms with E-state index in [1.165, 1.54) is 0 Å². The van der Waals surface area contributed by atoms with E-state index in [-0.39, 0.29) is 26.4 Å². The molecule has 154 valence electrons. The highest BCUT2D eigenvalue weighted by molar-refractivity contribution is 5.32. The van der Waals surface area contributed by atoms with Gasteiger partial charge in [-0.2, -0.15) is 0 Å². The Morgan fingerprint density at radius 3 is 1.11 bits per heavy atom. The molecule has 2 rings (SSSR count). The highest BCUT2D eigenvalue weighted by atomic mass is 19.2. The molecule has 2 aromatic carbocycles. The zero-order chi connectivity index (χ0) is 20.2. The van der Waals surface area contributed by atoms with E-state index >= 15 is 0 Å². The molecule has 0 aliphatic rings. The number of hydrogen-bond acceptors (Lipinski definition) is 4. The topological polar surface area (TPSA) is 36.9 Å². The van der Waals surface area contributed by atoms with Crippen molar-refractivity contribution in [1.82, 2.24) is 0 Å². The van der Waals surface area contributed by atoms with Gasteiger partial charge in [-0.1, -0.05) is 0 Å². The van der Waals surface area contributed by atoms with Crippen LogP contribution in [0.25, 0.3) is 0 Å². The van der Waals surface area contributed by atoms with Gasteiger partial charge in [0.25, 0.3) is 0 Å². The van der Waals surface area contributed by atoms with Crippen molar-refractivity contribution in [2.24, 2.45) is 0 Å². The van der Waals surface area contributed by atoms with Crippen molar-refractivity contribution in [3.8, 4) is 23.0 Å². The van der Waals surface area contributed by atoms with E-state index in [9.17, 15) is 17.6 Å². The monoisotopic (exact) mass is 402 g/mol. The van der Waals surface area contributed by atoms with Crippen LogP contribution in [0.15, 0.2) is 48.5 Å². The van der Waals surface area contributed by atoms with E-state index < -0.39 is 25.7 Å². The van der Waals surface area contributed by atoms with Gasteiger partial charge in [0.05, 0.1) is 0 Å². The van der Waals surface area contributed by atoms with E-state index in [0.717, 1.165) is 0 Å². The molecule has 0 fully saturated rings. The second kappa shape index (κ2) is 11.9. The minimum atomic E-state index is -1.63. The summed E-state index contributed by atoms with van der Waals surface area (Å²) in [4.78, 5) is 0. The maximum absolute atomic E-state index is 12.8. The molecule has 8 heteroatoms. The van der Waals surface area contributed by atoms with Gasteiger partial charge < -0.3 is 18.9 Å². The Labute approximate surface area is 161 Å². The lowest BCUT2D eigenvalue weighted by Crippen LogP contribution is -2.14. The van der Waals surface area contributed by atoms with Crippen LogP contribution in [0, 0.1) is 0 Å². The molecule has 4 nitrogen and oxygen atoms in total. The van der Waals surface area contributed by atoms with E-state index in [0.29, 0.717) is 23.0 Å². The fourth-order valence-corrected chi connectivity index (χ4v) is 2.05. The van der Waals surface area contributed by atoms with Crippen molar-refractivity contribution in [3.05, 3.63) is 48.5 Å². The van der Waals surface area contributed by atoms with Crippen molar-refractivity contribution < 1.29 is 36.5 Å².